The molecule has 0 amide bonds. The first-order valence-corrected chi connectivity index (χ1v) is 39.5. The molecule has 2 atom stereocenters. The summed E-state index contributed by atoms with van der Waals surface area (Å²) in [4.78, 5) is 6.21. The Morgan fingerprint density at radius 1 is 0.395 bits per heavy atom. The average molecular weight is 1400 g/mol. The molecule has 1 N–H and O–H groups in total. The monoisotopic (exact) mass is 1410 g/mol. The molecule has 5 aromatic rings. The molecule has 119 heavy (non-hydrogen) atoms. The molecule has 84 heteroatoms. The van der Waals surface area contributed by atoms with Gasteiger partial charge in [0.15, 0.2) is 11.5 Å². The van der Waals surface area contributed by atoms with E-state index in [0.717, 1.165) is 59.9 Å². The van der Waals surface area contributed by atoms with Gasteiger partial charge in [0.25, 0.3) is 0 Å². The lowest BCUT2D eigenvalue weighted by molar-refractivity contribution is 0.127. The standard InChI is InChI=1S/C35H32F2N2O3.B77/c1-20-4-5-21(14-29(20)37)19-42-33-15-23-12-13-39-31(26(23)18-32(33)41-3)17-28-27-16-25(40-2)10-11-30(27)38-34(28)35(39)22-6-8-24(36)9-7-22;1-40-60(41(2)3)70(61(42(4)5)43(6)7)75(71(62(44(8)9)45(10)11)63(46(12)13)47(14)15)77(74(68(56(32)33)57(34)35)69(58(36)37)59(38)39)76(72(64(48(16)17)49(18)19)65(50(20)21)51(22)23)73(66(52(24)25)53(26)27)67(54(28)29)55(30)31/h4-11,14-16,18,31,35,38H,12-13,17,19H2,1-3H3;. The third-order valence-electron chi connectivity index (χ3n) is 25.0. The summed E-state index contributed by atoms with van der Waals surface area (Å²) in [6, 6.07) is 22.3. The van der Waals surface area contributed by atoms with Gasteiger partial charge < -0.3 is 19.2 Å². The first-order valence-electron chi connectivity index (χ1n) is 39.5. The van der Waals surface area contributed by atoms with Gasteiger partial charge in [-0.05, 0) is 102 Å². The van der Waals surface area contributed by atoms with Gasteiger partial charge in [0.05, 0.1) is 20.3 Å². The molecule has 2 unspecified atom stereocenters. The Hall–Kier alpha value is 0.640. The van der Waals surface area contributed by atoms with Crippen molar-refractivity contribution in [2.24, 2.45) is 0 Å². The zero-order chi connectivity index (χ0) is 90.0. The van der Waals surface area contributed by atoms with Crippen LogP contribution >= 0.6 is 0 Å². The van der Waals surface area contributed by atoms with Gasteiger partial charge in [-0.25, -0.2) is 8.78 Å². The van der Waals surface area contributed by atoms with Crippen molar-refractivity contribution in [1.82, 2.24) is 9.88 Å². The van der Waals surface area contributed by atoms with Crippen molar-refractivity contribution < 1.29 is 23.0 Å². The van der Waals surface area contributed by atoms with Gasteiger partial charge in [-0.3, -0.25) is 4.90 Å². The number of benzene rings is 4. The molecule has 0 saturated carbocycles. The number of halogens is 2. The van der Waals surface area contributed by atoms with Crippen molar-refractivity contribution in [3.8, 4) is 17.2 Å². The van der Waals surface area contributed by atoms with E-state index in [1.807, 2.05) is 24.3 Å². The smallest absolute Gasteiger partial charge is 0.161 e. The van der Waals surface area contributed by atoms with Crippen molar-refractivity contribution in [2.75, 3.05) is 20.8 Å². The second-order valence-corrected chi connectivity index (χ2v) is 32.7. The fourth-order valence-electron chi connectivity index (χ4n) is 20.2. The number of rotatable bonds is 43. The summed E-state index contributed by atoms with van der Waals surface area (Å²) in [6.45, 7) is 2.82. The minimum Gasteiger partial charge on any atom is -0.497 e. The average Bonchev–Trinajstić information content (AvgIpc) is 1.66. The number of fused-ring (bicyclic) bond motifs is 6. The van der Waals surface area contributed by atoms with E-state index in [-0.39, 0.29) is 30.3 Å². The highest BCUT2D eigenvalue weighted by Crippen LogP contribution is 2.50. The van der Waals surface area contributed by atoms with Crippen LogP contribution in [0.5, 0.6) is 17.2 Å². The van der Waals surface area contributed by atoms with E-state index in [0.29, 0.717) is 17.1 Å². The van der Waals surface area contributed by atoms with Crippen LogP contribution in [0.25, 0.3) is 10.9 Å². The molecule has 3 heterocycles. The topological polar surface area (TPSA) is 46.7 Å². The van der Waals surface area contributed by atoms with Gasteiger partial charge in [0.1, 0.15) is 24.0 Å². The minimum atomic E-state index is -1.84. The van der Waals surface area contributed by atoms with Crippen LogP contribution in [-0.2, 0) is 19.4 Å². The molecule has 0 bridgehead atoms. The summed E-state index contributed by atoms with van der Waals surface area (Å²) >= 11 is 0. The molecular formula is C35H32B77F2N2O3. The maximum absolute atomic E-state index is 14.1. The van der Waals surface area contributed by atoms with Crippen molar-refractivity contribution in [3.05, 3.63) is 124 Å². The lowest BCUT2D eigenvalue weighted by atomic mass is 8.20. The van der Waals surface area contributed by atoms with E-state index in [2.05, 4.69) is 34.1 Å². The summed E-state index contributed by atoms with van der Waals surface area (Å²) in [5.41, 5.74) is 8.26. The quantitative estimate of drug-likeness (QED) is 0.0395. The molecule has 0 aliphatic carbocycles. The van der Waals surface area contributed by atoms with Crippen LogP contribution in [0, 0.1) is 18.6 Å². The van der Waals surface area contributed by atoms with Crippen LogP contribution in [0.15, 0.2) is 72.8 Å². The molecular weight excluding hydrogens is 1370 g/mol. The highest BCUT2D eigenvalue weighted by Gasteiger charge is 2.66. The Morgan fingerprint density at radius 3 is 1.08 bits per heavy atom. The number of H-pyrrole nitrogens is 1. The molecule has 0 fully saturated rings. The number of hydrogen-bond donors (Lipinski definition) is 1. The number of aryl methyl sites for hydroxylation is 1. The van der Waals surface area contributed by atoms with Crippen molar-refractivity contribution >= 4 is 556 Å². The number of methoxy groups -OCH3 is 2. The predicted molar refractivity (Wildman–Crippen MR) is 601 cm³/mol. The number of aromatic amines is 1. The number of ether oxygens (including phenoxy) is 3. The first-order chi connectivity index (χ1) is 55.5. The van der Waals surface area contributed by atoms with Crippen LogP contribution in [0.1, 0.15) is 51.2 Å². The van der Waals surface area contributed by atoms with E-state index in [4.69, 9.17) is 316 Å². The molecule has 4 aromatic carbocycles. The third-order valence-corrected chi connectivity index (χ3v) is 25.0. The van der Waals surface area contributed by atoms with Crippen LogP contribution in [0.3, 0.4) is 0 Å². The Bertz CT molecular complexity index is 3690. The van der Waals surface area contributed by atoms with Crippen LogP contribution in [0.2, 0.25) is 0 Å². The molecule has 0 spiro atoms. The predicted octanol–water partition coefficient (Wildman–Crippen LogP) is -21.7. The molecule has 79 radical (unpaired) electrons. The zero-order valence-corrected chi connectivity index (χ0v) is 68.3. The first kappa shape index (κ1) is 108. The van der Waals surface area contributed by atoms with E-state index in [9.17, 15) is 8.78 Å². The molecule has 445 valence electrons. The summed E-state index contributed by atoms with van der Waals surface area (Å²) in [6.07, 6.45) is -58.5. The van der Waals surface area contributed by atoms with Gasteiger partial charge in [0, 0.05) is 574 Å². The summed E-state index contributed by atoms with van der Waals surface area (Å²) < 4.78 is 45.7. The normalized spacial score (nSPS) is 12.6. The van der Waals surface area contributed by atoms with E-state index >= 15 is 0 Å². The molecule has 7 rings (SSSR count). The third kappa shape index (κ3) is 26.1. The SMILES string of the molecule is COc1ccc2[nH]c3c(c2c1)CC1c2cc(OC)c(OCc4ccc(C)c(F)c4)cc2CCN1C3c1ccc(F)cc1.[B][B]B(B([B])[B])B(B(B([B])[B])B([B])[B])B(B(B(B([B])[B])B([B])[B])B(B([B])[B])B([B])[B])B(B(B(B([B])[B])B([B])[B])B(B([B])[B])B([B])[B])B(B(B(B([B])[B])B([B])[B])B(B([B])[B])B([B])[B])B(B(B([B])[B])B([B])[B])B(B([B])[B])B([B])[B]. The molecule has 1 aromatic heterocycles. The summed E-state index contributed by atoms with van der Waals surface area (Å²) in [5.74, 6) is 1.62. The number of hydrogen-bond acceptors (Lipinski definition) is 4. The second-order valence-electron chi connectivity index (χ2n) is 32.7. The van der Waals surface area contributed by atoms with Crippen molar-refractivity contribution in [1.29, 1.82) is 0 Å². The van der Waals surface area contributed by atoms with Crippen LogP contribution in [-0.4, -0.2) is 576 Å². The maximum atomic E-state index is 14.1. The fourth-order valence-corrected chi connectivity index (χ4v) is 20.2. The van der Waals surface area contributed by atoms with Crippen molar-refractivity contribution in [2.45, 2.75) is 38.5 Å². The Morgan fingerprint density at radius 2 is 0.748 bits per heavy atom. The molecule has 2 aliphatic heterocycles. The Balaban J connectivity index is 0.000000431. The van der Waals surface area contributed by atoms with Gasteiger partial charge in [-0.1, -0.05) is 24.3 Å². The summed E-state index contributed by atoms with van der Waals surface area (Å²) in [7, 11) is 271. The highest BCUT2D eigenvalue weighted by molar-refractivity contribution is 8.41. The highest BCUT2D eigenvalue weighted by atomic mass is 19.1. The van der Waals surface area contributed by atoms with Gasteiger partial charge in [0.2, 0.25) is 0 Å². The Kier molecular flexibility index (Phi) is 44.3. The Labute approximate surface area is 781 Å². The number of aromatic nitrogens is 1. The largest absolute Gasteiger partial charge is 0.497 e. The maximum Gasteiger partial charge on any atom is 0.161 e. The van der Waals surface area contributed by atoms with E-state index in [1.54, 1.807) is 27.2 Å². The zero-order valence-electron chi connectivity index (χ0n) is 68.3. The lowest BCUT2D eigenvalue weighted by Gasteiger charge is -2.61. The summed E-state index contributed by atoms with van der Waals surface area (Å²) in [5, 5.41) is 1.14. The second kappa shape index (κ2) is 48.7. The van der Waals surface area contributed by atoms with Crippen molar-refractivity contribution in [3.63, 3.8) is 0 Å². The lowest BCUT2D eigenvalue weighted by Crippen LogP contribution is -2.99. The van der Waals surface area contributed by atoms with Crippen LogP contribution < -0.4 is 14.2 Å². The number of nitrogens with one attached hydrogen (secondary N) is 1. The fraction of sp³-hybridized carbons (Fsp3) is 0.257. The number of nitrogens with zero attached hydrogens (tertiary/aromatic N) is 1. The van der Waals surface area contributed by atoms with Gasteiger partial charge >= 0.3 is 0 Å². The van der Waals surface area contributed by atoms with Gasteiger partial charge in [-0.2, -0.15) is 0 Å². The van der Waals surface area contributed by atoms with E-state index < -0.39 is 236 Å². The molecule has 5 nitrogen and oxygen atoms in total. The van der Waals surface area contributed by atoms with Gasteiger partial charge in [-0.15, -0.1) is 0 Å². The molecule has 2 aliphatic rings. The van der Waals surface area contributed by atoms with Crippen LogP contribution in [0.4, 0.5) is 8.78 Å². The minimum absolute atomic E-state index is 0.0655. The van der Waals surface area contributed by atoms with E-state index in [1.165, 1.54) is 34.9 Å². The molecule has 0 saturated heterocycles.